The lowest BCUT2D eigenvalue weighted by Crippen LogP contribution is -2.04. The standard InChI is InChI=1S/C15H15NO2S/c1-10-3-6-12(7-4-10)19-14-8-5-11(16)9-13(14)15(17)18-2/h3-9H,16H2,1-2H3. The average molecular weight is 273 g/mol. The minimum atomic E-state index is -0.373. The van der Waals surface area contributed by atoms with Crippen molar-refractivity contribution in [1.29, 1.82) is 0 Å². The molecule has 0 amide bonds. The Balaban J connectivity index is 2.34. The van der Waals surface area contributed by atoms with Crippen molar-refractivity contribution in [2.45, 2.75) is 16.7 Å². The van der Waals surface area contributed by atoms with Crippen LogP contribution in [0.25, 0.3) is 0 Å². The molecule has 0 fully saturated rings. The summed E-state index contributed by atoms with van der Waals surface area (Å²) in [6.45, 7) is 2.04. The largest absolute Gasteiger partial charge is 0.465 e. The van der Waals surface area contributed by atoms with Crippen LogP contribution >= 0.6 is 11.8 Å². The number of rotatable bonds is 3. The lowest BCUT2D eigenvalue weighted by atomic mass is 10.2. The van der Waals surface area contributed by atoms with Crippen molar-refractivity contribution < 1.29 is 9.53 Å². The van der Waals surface area contributed by atoms with Crippen molar-refractivity contribution in [1.82, 2.24) is 0 Å². The zero-order valence-electron chi connectivity index (χ0n) is 10.8. The number of methoxy groups -OCH3 is 1. The summed E-state index contributed by atoms with van der Waals surface area (Å²) < 4.78 is 4.78. The first-order valence-corrected chi connectivity index (χ1v) is 6.64. The van der Waals surface area contributed by atoms with Crippen molar-refractivity contribution >= 4 is 23.4 Å². The molecule has 0 saturated heterocycles. The van der Waals surface area contributed by atoms with E-state index in [1.165, 1.54) is 24.4 Å². The Labute approximate surface area is 116 Å². The van der Waals surface area contributed by atoms with Gasteiger partial charge in [-0.3, -0.25) is 0 Å². The molecule has 98 valence electrons. The van der Waals surface area contributed by atoms with Gasteiger partial charge in [-0.15, -0.1) is 0 Å². The van der Waals surface area contributed by atoms with E-state index in [0.717, 1.165) is 9.79 Å². The smallest absolute Gasteiger partial charge is 0.339 e. The molecule has 0 heterocycles. The van der Waals surface area contributed by atoms with Gasteiger partial charge in [0.25, 0.3) is 0 Å². The molecule has 19 heavy (non-hydrogen) atoms. The van der Waals surface area contributed by atoms with Gasteiger partial charge in [0.05, 0.1) is 12.7 Å². The topological polar surface area (TPSA) is 52.3 Å². The molecule has 2 rings (SSSR count). The van der Waals surface area contributed by atoms with E-state index in [1.807, 2.05) is 37.3 Å². The number of anilines is 1. The maximum absolute atomic E-state index is 11.7. The van der Waals surface area contributed by atoms with Crippen molar-refractivity contribution in [3.05, 3.63) is 53.6 Å². The molecule has 0 aliphatic rings. The zero-order valence-corrected chi connectivity index (χ0v) is 11.7. The molecule has 3 nitrogen and oxygen atoms in total. The first-order chi connectivity index (χ1) is 9.10. The van der Waals surface area contributed by atoms with Crippen LogP contribution in [0.4, 0.5) is 5.69 Å². The second-order valence-electron chi connectivity index (χ2n) is 4.16. The molecular weight excluding hydrogens is 258 g/mol. The third-order valence-electron chi connectivity index (χ3n) is 2.66. The lowest BCUT2D eigenvalue weighted by molar-refractivity contribution is 0.0597. The molecule has 0 radical (unpaired) electrons. The molecule has 0 bridgehead atoms. The molecule has 0 saturated carbocycles. The number of carbonyl (C=O) groups is 1. The first-order valence-electron chi connectivity index (χ1n) is 5.82. The van der Waals surface area contributed by atoms with E-state index in [9.17, 15) is 4.79 Å². The fourth-order valence-corrected chi connectivity index (χ4v) is 2.55. The van der Waals surface area contributed by atoms with Gasteiger partial charge in [0, 0.05) is 15.5 Å². The minimum Gasteiger partial charge on any atom is -0.465 e. The Morgan fingerprint density at radius 2 is 1.84 bits per heavy atom. The predicted octanol–water partition coefficient (Wildman–Crippen LogP) is 3.52. The van der Waals surface area contributed by atoms with Crippen molar-refractivity contribution in [3.63, 3.8) is 0 Å². The Morgan fingerprint density at radius 3 is 2.47 bits per heavy atom. The maximum Gasteiger partial charge on any atom is 0.339 e. The summed E-state index contributed by atoms with van der Waals surface area (Å²) in [7, 11) is 1.37. The van der Waals surface area contributed by atoms with Crippen LogP contribution in [0.5, 0.6) is 0 Å². The van der Waals surface area contributed by atoms with E-state index in [4.69, 9.17) is 10.5 Å². The summed E-state index contributed by atoms with van der Waals surface area (Å²) in [5, 5.41) is 0. The molecule has 0 unspecified atom stereocenters. The fourth-order valence-electron chi connectivity index (χ4n) is 1.64. The van der Waals surface area contributed by atoms with Crippen LogP contribution in [0, 0.1) is 6.92 Å². The van der Waals surface area contributed by atoms with Gasteiger partial charge in [0.15, 0.2) is 0 Å². The Bertz CT molecular complexity index is 594. The first kappa shape index (κ1) is 13.5. The maximum atomic E-state index is 11.7. The number of benzene rings is 2. The second-order valence-corrected chi connectivity index (χ2v) is 5.28. The van der Waals surface area contributed by atoms with E-state index >= 15 is 0 Å². The van der Waals surface area contributed by atoms with Gasteiger partial charge in [0.2, 0.25) is 0 Å². The SMILES string of the molecule is COC(=O)c1cc(N)ccc1Sc1ccc(C)cc1. The Morgan fingerprint density at radius 1 is 1.16 bits per heavy atom. The number of nitrogens with two attached hydrogens (primary N) is 1. The Kier molecular flexibility index (Phi) is 4.12. The summed E-state index contributed by atoms with van der Waals surface area (Å²) in [4.78, 5) is 13.6. The molecule has 0 spiro atoms. The van der Waals surface area contributed by atoms with Crippen LogP contribution in [0.2, 0.25) is 0 Å². The van der Waals surface area contributed by atoms with E-state index in [-0.39, 0.29) is 5.97 Å². The van der Waals surface area contributed by atoms with Gasteiger partial charge in [-0.25, -0.2) is 4.79 Å². The van der Waals surface area contributed by atoms with Gasteiger partial charge in [-0.1, -0.05) is 29.5 Å². The number of carbonyl (C=O) groups excluding carboxylic acids is 1. The molecule has 0 aliphatic carbocycles. The molecule has 4 heteroatoms. The highest BCUT2D eigenvalue weighted by molar-refractivity contribution is 7.99. The van der Waals surface area contributed by atoms with Crippen molar-refractivity contribution in [2.24, 2.45) is 0 Å². The van der Waals surface area contributed by atoms with E-state index in [1.54, 1.807) is 12.1 Å². The van der Waals surface area contributed by atoms with Crippen LogP contribution in [0.15, 0.2) is 52.3 Å². The van der Waals surface area contributed by atoms with Crippen molar-refractivity contribution in [3.8, 4) is 0 Å². The molecular formula is C15H15NO2S. The Hall–Kier alpha value is -1.94. The monoisotopic (exact) mass is 273 g/mol. The highest BCUT2D eigenvalue weighted by atomic mass is 32.2. The van der Waals surface area contributed by atoms with Gasteiger partial charge < -0.3 is 10.5 Å². The molecule has 0 aromatic heterocycles. The third-order valence-corrected chi connectivity index (χ3v) is 3.74. The second kappa shape index (κ2) is 5.80. The van der Waals surface area contributed by atoms with Crippen LogP contribution in [0.1, 0.15) is 15.9 Å². The summed E-state index contributed by atoms with van der Waals surface area (Å²) in [5.41, 5.74) is 7.96. The third kappa shape index (κ3) is 3.29. The predicted molar refractivity (Wildman–Crippen MR) is 77.5 cm³/mol. The normalized spacial score (nSPS) is 10.2. The lowest BCUT2D eigenvalue weighted by Gasteiger charge is -2.08. The van der Waals surface area contributed by atoms with E-state index in [0.29, 0.717) is 11.3 Å². The molecule has 0 aliphatic heterocycles. The van der Waals surface area contributed by atoms with Crippen molar-refractivity contribution in [2.75, 3.05) is 12.8 Å². The number of nitrogen functional groups attached to an aromatic ring is 1. The average Bonchev–Trinajstić information content (AvgIpc) is 2.42. The quantitative estimate of drug-likeness (QED) is 0.686. The van der Waals surface area contributed by atoms with Gasteiger partial charge in [-0.2, -0.15) is 0 Å². The molecule has 2 N–H and O–H groups in total. The molecule has 2 aromatic rings. The summed E-state index contributed by atoms with van der Waals surface area (Å²) >= 11 is 1.52. The summed E-state index contributed by atoms with van der Waals surface area (Å²) in [6.07, 6.45) is 0. The van der Waals surface area contributed by atoms with Gasteiger partial charge in [0.1, 0.15) is 0 Å². The summed E-state index contributed by atoms with van der Waals surface area (Å²) in [5.74, 6) is -0.373. The van der Waals surface area contributed by atoms with E-state index in [2.05, 4.69) is 0 Å². The number of ether oxygens (including phenoxy) is 1. The highest BCUT2D eigenvalue weighted by Gasteiger charge is 2.13. The zero-order chi connectivity index (χ0) is 13.8. The highest BCUT2D eigenvalue weighted by Crippen LogP contribution is 2.32. The van der Waals surface area contributed by atoms with Crippen LogP contribution in [0.3, 0.4) is 0 Å². The van der Waals surface area contributed by atoms with Crippen LogP contribution in [-0.2, 0) is 4.74 Å². The van der Waals surface area contributed by atoms with Gasteiger partial charge >= 0.3 is 5.97 Å². The molecule has 0 atom stereocenters. The molecule has 2 aromatic carbocycles. The number of aryl methyl sites for hydroxylation is 1. The minimum absolute atomic E-state index is 0.373. The fraction of sp³-hybridized carbons (Fsp3) is 0.133. The van der Waals surface area contributed by atoms with Crippen LogP contribution < -0.4 is 5.73 Å². The summed E-state index contributed by atoms with van der Waals surface area (Å²) in [6, 6.07) is 13.4. The van der Waals surface area contributed by atoms with Crippen LogP contribution in [-0.4, -0.2) is 13.1 Å². The van der Waals surface area contributed by atoms with Gasteiger partial charge in [-0.05, 0) is 37.3 Å². The number of hydrogen-bond donors (Lipinski definition) is 1. The number of hydrogen-bond acceptors (Lipinski definition) is 4. The van der Waals surface area contributed by atoms with E-state index < -0.39 is 0 Å². The number of esters is 1.